The molecule has 0 fully saturated rings. The maximum atomic E-state index is 14.7. The number of halogens is 2. The van der Waals surface area contributed by atoms with Gasteiger partial charge in [0.2, 0.25) is 0 Å². The van der Waals surface area contributed by atoms with Gasteiger partial charge in [-0.25, -0.2) is 14.5 Å². The summed E-state index contributed by atoms with van der Waals surface area (Å²) in [5.41, 5.74) is 2.06. The summed E-state index contributed by atoms with van der Waals surface area (Å²) in [5, 5.41) is 14.0. The molecule has 0 saturated heterocycles. The molecule has 1 N–H and O–H groups in total. The summed E-state index contributed by atoms with van der Waals surface area (Å²) in [6, 6.07) is 14.2. The minimum Gasteiger partial charge on any atom is -0.478 e. The highest BCUT2D eigenvalue weighted by Gasteiger charge is 2.37. The van der Waals surface area contributed by atoms with Crippen molar-refractivity contribution in [3.05, 3.63) is 71.3 Å². The number of carbonyl (C=O) groups is 1. The third kappa shape index (κ3) is 5.34. The second-order valence-electron chi connectivity index (χ2n) is 7.62. The second-order valence-corrected chi connectivity index (χ2v) is 7.62. The van der Waals surface area contributed by atoms with Crippen molar-refractivity contribution < 1.29 is 18.7 Å². The van der Waals surface area contributed by atoms with Crippen molar-refractivity contribution >= 4 is 5.97 Å². The predicted molar refractivity (Wildman–Crippen MR) is 115 cm³/mol. The van der Waals surface area contributed by atoms with Crippen molar-refractivity contribution in [3.63, 3.8) is 0 Å². The zero-order valence-corrected chi connectivity index (χ0v) is 17.8. The molecule has 0 bridgehead atoms. The van der Waals surface area contributed by atoms with E-state index >= 15 is 0 Å². The van der Waals surface area contributed by atoms with E-state index in [0.29, 0.717) is 29.8 Å². The monoisotopic (exact) mass is 427 g/mol. The van der Waals surface area contributed by atoms with Crippen LogP contribution in [0.4, 0.5) is 8.78 Å². The average molecular weight is 427 g/mol. The first-order valence-corrected chi connectivity index (χ1v) is 10.6. The van der Waals surface area contributed by atoms with E-state index in [0.717, 1.165) is 18.4 Å². The third-order valence-electron chi connectivity index (χ3n) is 5.09. The fourth-order valence-corrected chi connectivity index (χ4v) is 3.55. The Morgan fingerprint density at radius 3 is 2.48 bits per heavy atom. The number of rotatable bonds is 10. The quantitative estimate of drug-likeness (QED) is 0.436. The lowest BCUT2D eigenvalue weighted by molar-refractivity contribution is -0.0270. The molecule has 0 aliphatic rings. The van der Waals surface area contributed by atoms with Crippen LogP contribution in [-0.2, 0) is 18.9 Å². The fraction of sp³-hybridized carbons (Fsp3) is 0.375. The van der Waals surface area contributed by atoms with Gasteiger partial charge < -0.3 is 5.11 Å². The van der Waals surface area contributed by atoms with E-state index in [-0.39, 0.29) is 24.4 Å². The van der Waals surface area contributed by atoms with Gasteiger partial charge in [-0.3, -0.25) is 0 Å². The Morgan fingerprint density at radius 2 is 1.84 bits per heavy atom. The number of hydrogen-bond donors (Lipinski definition) is 1. The Labute approximate surface area is 180 Å². The van der Waals surface area contributed by atoms with E-state index in [2.05, 4.69) is 10.1 Å². The lowest BCUT2D eigenvalue weighted by atomic mass is 9.97. The molecule has 7 heteroatoms. The number of unbranched alkanes of at least 4 members (excludes halogenated alkanes) is 1. The largest absolute Gasteiger partial charge is 0.478 e. The summed E-state index contributed by atoms with van der Waals surface area (Å²) in [4.78, 5) is 16.0. The number of carboxylic acid groups (broad SMARTS) is 1. The van der Waals surface area contributed by atoms with Crippen LogP contribution in [0.1, 0.15) is 67.1 Å². The van der Waals surface area contributed by atoms with Crippen molar-refractivity contribution in [2.24, 2.45) is 0 Å². The molecule has 1 heterocycles. The molecule has 0 radical (unpaired) electrons. The van der Waals surface area contributed by atoms with E-state index in [4.69, 9.17) is 0 Å². The number of nitrogens with zero attached hydrogens (tertiary/aromatic N) is 3. The number of aromatic nitrogens is 3. The van der Waals surface area contributed by atoms with Crippen LogP contribution in [0.3, 0.4) is 0 Å². The first-order valence-electron chi connectivity index (χ1n) is 10.6. The van der Waals surface area contributed by atoms with Gasteiger partial charge in [-0.1, -0.05) is 62.7 Å². The maximum Gasteiger partial charge on any atom is 0.336 e. The van der Waals surface area contributed by atoms with Gasteiger partial charge in [0.25, 0.3) is 0 Å². The number of aromatic carboxylic acids is 1. The number of alkyl halides is 2. The zero-order chi connectivity index (χ0) is 22.4. The molecule has 164 valence electrons. The van der Waals surface area contributed by atoms with E-state index in [1.807, 2.05) is 37.3 Å². The first-order chi connectivity index (χ1) is 14.9. The second kappa shape index (κ2) is 9.81. The van der Waals surface area contributed by atoms with Crippen molar-refractivity contribution in [1.82, 2.24) is 14.8 Å². The van der Waals surface area contributed by atoms with Gasteiger partial charge in [0, 0.05) is 12.8 Å². The summed E-state index contributed by atoms with van der Waals surface area (Å²) >= 11 is 0. The molecule has 2 aromatic carbocycles. The van der Waals surface area contributed by atoms with Crippen LogP contribution in [0, 0.1) is 0 Å². The smallest absolute Gasteiger partial charge is 0.336 e. The number of hydrogen-bond acceptors (Lipinski definition) is 3. The summed E-state index contributed by atoms with van der Waals surface area (Å²) in [5.74, 6) is -4.12. The Hall–Kier alpha value is -3.09. The number of aryl methyl sites for hydroxylation is 1. The minimum absolute atomic E-state index is 0.0309. The van der Waals surface area contributed by atoms with Crippen LogP contribution in [0.15, 0.2) is 48.5 Å². The SMILES string of the molecule is CCCCc1nc(C(F)(F)CCC)n(Cc2ccc(-c3ccccc3)c(C(=O)O)c2)n1. The molecule has 1 aromatic heterocycles. The zero-order valence-electron chi connectivity index (χ0n) is 17.8. The van der Waals surface area contributed by atoms with Crippen molar-refractivity contribution in [1.29, 1.82) is 0 Å². The first kappa shape index (κ1) is 22.6. The van der Waals surface area contributed by atoms with Crippen LogP contribution in [0.2, 0.25) is 0 Å². The Bertz CT molecular complexity index is 1030. The Balaban J connectivity index is 1.98. The molecule has 0 atom stereocenters. The Morgan fingerprint density at radius 1 is 1.10 bits per heavy atom. The van der Waals surface area contributed by atoms with Gasteiger partial charge in [0.15, 0.2) is 11.6 Å². The molecule has 0 aliphatic carbocycles. The molecular weight excluding hydrogens is 400 g/mol. The average Bonchev–Trinajstić information content (AvgIpc) is 3.16. The Kier molecular flexibility index (Phi) is 7.15. The summed E-state index contributed by atoms with van der Waals surface area (Å²) in [6.45, 7) is 3.75. The van der Waals surface area contributed by atoms with Crippen LogP contribution in [0.25, 0.3) is 11.1 Å². The van der Waals surface area contributed by atoms with Crippen molar-refractivity contribution in [2.75, 3.05) is 0 Å². The molecule has 0 aliphatic heterocycles. The lowest BCUT2D eigenvalue weighted by Crippen LogP contribution is -2.21. The minimum atomic E-state index is -3.09. The normalized spacial score (nSPS) is 11.6. The summed E-state index contributed by atoms with van der Waals surface area (Å²) in [6.07, 6.45) is 2.27. The van der Waals surface area contributed by atoms with Crippen molar-refractivity contribution in [2.45, 2.75) is 58.4 Å². The highest BCUT2D eigenvalue weighted by atomic mass is 19.3. The van der Waals surface area contributed by atoms with Crippen LogP contribution >= 0.6 is 0 Å². The highest BCUT2D eigenvalue weighted by Crippen LogP contribution is 2.32. The van der Waals surface area contributed by atoms with Gasteiger partial charge in [-0.15, -0.1) is 0 Å². The standard InChI is InChI=1S/C24H27F2N3O2/c1-3-5-11-21-27-23(24(25,26)14-4-2)29(28-21)16-17-12-13-19(20(15-17)22(30)31)18-9-7-6-8-10-18/h6-10,12-13,15H,3-5,11,14,16H2,1-2H3,(H,30,31). The molecular formula is C24H27F2N3O2. The molecule has 5 nitrogen and oxygen atoms in total. The summed E-state index contributed by atoms with van der Waals surface area (Å²) in [7, 11) is 0. The number of benzene rings is 2. The molecule has 0 unspecified atom stereocenters. The molecule has 0 saturated carbocycles. The van der Waals surface area contributed by atoms with Crippen LogP contribution in [-0.4, -0.2) is 25.8 Å². The summed E-state index contributed by atoms with van der Waals surface area (Å²) < 4.78 is 30.7. The molecule has 0 amide bonds. The van der Waals surface area contributed by atoms with Gasteiger partial charge in [0.05, 0.1) is 12.1 Å². The van der Waals surface area contributed by atoms with Crippen molar-refractivity contribution in [3.8, 4) is 11.1 Å². The maximum absolute atomic E-state index is 14.7. The van der Waals surface area contributed by atoms with Crippen LogP contribution in [0.5, 0.6) is 0 Å². The fourth-order valence-electron chi connectivity index (χ4n) is 3.55. The van der Waals surface area contributed by atoms with Gasteiger partial charge >= 0.3 is 11.9 Å². The highest BCUT2D eigenvalue weighted by molar-refractivity contribution is 5.96. The molecule has 31 heavy (non-hydrogen) atoms. The van der Waals surface area contributed by atoms with Gasteiger partial charge in [-0.05, 0) is 35.6 Å². The van der Waals surface area contributed by atoms with E-state index < -0.39 is 11.9 Å². The molecule has 0 spiro atoms. The number of carboxylic acids is 1. The third-order valence-corrected chi connectivity index (χ3v) is 5.09. The van der Waals surface area contributed by atoms with E-state index in [1.165, 1.54) is 10.7 Å². The van der Waals surface area contributed by atoms with E-state index in [9.17, 15) is 18.7 Å². The van der Waals surface area contributed by atoms with Gasteiger partial charge in [0.1, 0.15) is 0 Å². The van der Waals surface area contributed by atoms with Gasteiger partial charge in [-0.2, -0.15) is 13.9 Å². The lowest BCUT2D eigenvalue weighted by Gasteiger charge is -2.16. The molecule has 3 rings (SSSR count). The molecule has 3 aromatic rings. The van der Waals surface area contributed by atoms with Crippen LogP contribution < -0.4 is 0 Å². The topological polar surface area (TPSA) is 68.0 Å². The predicted octanol–water partition coefficient (Wildman–Crippen LogP) is 5.93. The van der Waals surface area contributed by atoms with E-state index in [1.54, 1.807) is 19.1 Å².